The topological polar surface area (TPSA) is 49.9 Å². The molecular weight excluding hydrogens is 340 g/mol. The quantitative estimate of drug-likeness (QED) is 0.816. The Balaban J connectivity index is 1.64. The van der Waals surface area contributed by atoms with Gasteiger partial charge in [0.2, 0.25) is 11.8 Å². The van der Waals surface area contributed by atoms with Gasteiger partial charge in [0.15, 0.2) is 0 Å². The molecular formula is C22H32N2O3. The van der Waals surface area contributed by atoms with Crippen molar-refractivity contribution >= 4 is 11.8 Å². The molecule has 5 heteroatoms. The Labute approximate surface area is 162 Å². The molecule has 5 nitrogen and oxygen atoms in total. The van der Waals surface area contributed by atoms with Crippen molar-refractivity contribution in [2.45, 2.75) is 46.5 Å². The number of nitrogens with zero attached hydrogens (tertiary/aromatic N) is 2. The Kier molecular flexibility index (Phi) is 5.50. The summed E-state index contributed by atoms with van der Waals surface area (Å²) in [5, 5.41) is 0. The summed E-state index contributed by atoms with van der Waals surface area (Å²) in [5.41, 5.74) is 0.710. The van der Waals surface area contributed by atoms with Gasteiger partial charge in [0.25, 0.3) is 0 Å². The fourth-order valence-electron chi connectivity index (χ4n) is 4.37. The maximum Gasteiger partial charge on any atom is 0.230 e. The number of amides is 2. The third-order valence-electron chi connectivity index (χ3n) is 5.71. The van der Waals surface area contributed by atoms with Crippen LogP contribution in [0, 0.1) is 10.8 Å². The molecule has 1 aromatic carbocycles. The Morgan fingerprint density at radius 1 is 1.15 bits per heavy atom. The highest BCUT2D eigenvalue weighted by Crippen LogP contribution is 2.41. The summed E-state index contributed by atoms with van der Waals surface area (Å²) in [6, 6.07) is 7.62. The van der Waals surface area contributed by atoms with E-state index < -0.39 is 0 Å². The van der Waals surface area contributed by atoms with Crippen molar-refractivity contribution in [3.63, 3.8) is 0 Å². The third-order valence-corrected chi connectivity index (χ3v) is 5.71. The average molecular weight is 373 g/mol. The summed E-state index contributed by atoms with van der Waals surface area (Å²) in [7, 11) is 1.63. The van der Waals surface area contributed by atoms with Gasteiger partial charge in [-0.05, 0) is 42.4 Å². The molecule has 2 heterocycles. The number of rotatable bonds is 4. The van der Waals surface area contributed by atoms with Crippen LogP contribution in [0.5, 0.6) is 5.75 Å². The minimum absolute atomic E-state index is 0.0939. The normalized spacial score (nSPS) is 23.2. The largest absolute Gasteiger partial charge is 0.497 e. The van der Waals surface area contributed by atoms with Crippen molar-refractivity contribution in [1.82, 2.24) is 9.80 Å². The van der Waals surface area contributed by atoms with E-state index in [0.717, 1.165) is 43.7 Å². The first-order valence-corrected chi connectivity index (χ1v) is 9.93. The van der Waals surface area contributed by atoms with E-state index in [-0.39, 0.29) is 22.6 Å². The second kappa shape index (κ2) is 7.53. The van der Waals surface area contributed by atoms with Gasteiger partial charge in [-0.3, -0.25) is 9.59 Å². The van der Waals surface area contributed by atoms with Gasteiger partial charge in [-0.1, -0.05) is 32.9 Å². The van der Waals surface area contributed by atoms with Gasteiger partial charge < -0.3 is 14.5 Å². The Morgan fingerprint density at radius 2 is 1.85 bits per heavy atom. The van der Waals surface area contributed by atoms with E-state index in [4.69, 9.17) is 4.74 Å². The lowest BCUT2D eigenvalue weighted by molar-refractivity contribution is -0.147. The molecule has 1 unspecified atom stereocenters. The highest BCUT2D eigenvalue weighted by molar-refractivity contribution is 5.86. The van der Waals surface area contributed by atoms with Crippen LogP contribution in [-0.4, -0.2) is 54.9 Å². The Bertz CT molecular complexity index is 693. The Hall–Kier alpha value is -2.04. The van der Waals surface area contributed by atoms with Crippen LogP contribution >= 0.6 is 0 Å². The van der Waals surface area contributed by atoms with Crippen molar-refractivity contribution in [1.29, 1.82) is 0 Å². The highest BCUT2D eigenvalue weighted by Gasteiger charge is 2.49. The zero-order chi connectivity index (χ0) is 19.7. The molecule has 27 heavy (non-hydrogen) atoms. The summed E-state index contributed by atoms with van der Waals surface area (Å²) in [5.74, 6) is 1.15. The molecule has 2 amide bonds. The van der Waals surface area contributed by atoms with E-state index in [1.165, 1.54) is 0 Å². The summed E-state index contributed by atoms with van der Waals surface area (Å²) >= 11 is 0. The van der Waals surface area contributed by atoms with Crippen LogP contribution < -0.4 is 4.74 Å². The Morgan fingerprint density at radius 3 is 2.48 bits per heavy atom. The number of methoxy groups -OCH3 is 1. The molecule has 0 saturated carbocycles. The zero-order valence-electron chi connectivity index (χ0n) is 17.1. The highest BCUT2D eigenvalue weighted by atomic mass is 16.5. The average Bonchev–Trinajstić information content (AvgIpc) is 3.04. The van der Waals surface area contributed by atoms with E-state index in [9.17, 15) is 9.59 Å². The molecule has 0 radical (unpaired) electrons. The number of hydrogen-bond acceptors (Lipinski definition) is 3. The van der Waals surface area contributed by atoms with E-state index >= 15 is 0 Å². The molecule has 1 atom stereocenters. The number of hydrogen-bond donors (Lipinski definition) is 0. The molecule has 2 fully saturated rings. The minimum atomic E-state index is -0.362. The number of ether oxygens (including phenoxy) is 1. The lowest BCUT2D eigenvalue weighted by atomic mass is 9.77. The van der Waals surface area contributed by atoms with E-state index in [2.05, 4.69) is 20.8 Å². The first-order valence-electron chi connectivity index (χ1n) is 9.93. The number of piperidine rings is 1. The number of likely N-dealkylation sites (tertiary alicyclic amines) is 2. The second-order valence-electron chi connectivity index (χ2n) is 9.26. The smallest absolute Gasteiger partial charge is 0.230 e. The third kappa shape index (κ3) is 4.45. The first kappa shape index (κ1) is 19.7. The molecule has 0 aliphatic carbocycles. The summed E-state index contributed by atoms with van der Waals surface area (Å²) in [6.07, 6.45) is 3.10. The molecule has 148 valence electrons. The lowest BCUT2D eigenvalue weighted by Gasteiger charge is -2.41. The zero-order valence-corrected chi connectivity index (χ0v) is 17.1. The van der Waals surface area contributed by atoms with Gasteiger partial charge in [0.1, 0.15) is 5.75 Å². The maximum absolute atomic E-state index is 13.2. The SMILES string of the molecule is COc1ccc(CC(=O)N2CCC3(CCCN(CC(C)(C)C)C3=O)C2)cc1. The predicted molar refractivity (Wildman–Crippen MR) is 106 cm³/mol. The van der Waals surface area contributed by atoms with Crippen molar-refractivity contribution in [3.8, 4) is 5.75 Å². The molecule has 0 N–H and O–H groups in total. The minimum Gasteiger partial charge on any atom is -0.497 e. The van der Waals surface area contributed by atoms with Gasteiger partial charge in [0.05, 0.1) is 18.9 Å². The number of carbonyl (C=O) groups is 2. The van der Waals surface area contributed by atoms with Gasteiger partial charge in [-0.2, -0.15) is 0 Å². The molecule has 1 spiro atoms. The second-order valence-corrected chi connectivity index (χ2v) is 9.26. The van der Waals surface area contributed by atoms with Crippen LogP contribution in [0.15, 0.2) is 24.3 Å². The van der Waals surface area contributed by atoms with Crippen LogP contribution in [0.25, 0.3) is 0 Å². The molecule has 2 aliphatic heterocycles. The van der Waals surface area contributed by atoms with Crippen molar-refractivity contribution in [3.05, 3.63) is 29.8 Å². The van der Waals surface area contributed by atoms with Gasteiger partial charge >= 0.3 is 0 Å². The molecule has 2 saturated heterocycles. The van der Waals surface area contributed by atoms with Crippen molar-refractivity contribution in [2.24, 2.45) is 10.8 Å². The van der Waals surface area contributed by atoms with Gasteiger partial charge in [-0.25, -0.2) is 0 Å². The number of benzene rings is 1. The van der Waals surface area contributed by atoms with Gasteiger partial charge in [-0.15, -0.1) is 0 Å². The van der Waals surface area contributed by atoms with Crippen molar-refractivity contribution < 1.29 is 14.3 Å². The predicted octanol–water partition coefficient (Wildman–Crippen LogP) is 3.12. The monoisotopic (exact) mass is 372 g/mol. The van der Waals surface area contributed by atoms with Crippen LogP contribution in [0.2, 0.25) is 0 Å². The summed E-state index contributed by atoms with van der Waals surface area (Å²) in [4.78, 5) is 29.9. The summed E-state index contributed by atoms with van der Waals surface area (Å²) in [6.45, 7) is 9.39. The fraction of sp³-hybridized carbons (Fsp3) is 0.636. The molecule has 1 aromatic rings. The van der Waals surface area contributed by atoms with E-state index in [1.807, 2.05) is 34.1 Å². The molecule has 2 aliphatic rings. The maximum atomic E-state index is 13.2. The lowest BCUT2D eigenvalue weighted by Crippen LogP contribution is -2.52. The number of carbonyl (C=O) groups excluding carboxylic acids is 2. The first-order chi connectivity index (χ1) is 12.7. The van der Waals surface area contributed by atoms with Crippen LogP contribution in [0.4, 0.5) is 0 Å². The van der Waals surface area contributed by atoms with Gasteiger partial charge in [0, 0.05) is 26.2 Å². The molecule has 3 rings (SSSR count). The van der Waals surface area contributed by atoms with Crippen molar-refractivity contribution in [2.75, 3.05) is 33.3 Å². The fourth-order valence-corrected chi connectivity index (χ4v) is 4.37. The van der Waals surface area contributed by atoms with Crippen LogP contribution in [0.1, 0.15) is 45.6 Å². The molecule has 0 bridgehead atoms. The van der Waals surface area contributed by atoms with Crippen LogP contribution in [-0.2, 0) is 16.0 Å². The molecule has 0 aromatic heterocycles. The summed E-state index contributed by atoms with van der Waals surface area (Å²) < 4.78 is 5.17. The van der Waals surface area contributed by atoms with E-state index in [0.29, 0.717) is 19.5 Å². The van der Waals surface area contributed by atoms with E-state index in [1.54, 1.807) is 7.11 Å². The van der Waals surface area contributed by atoms with Crippen LogP contribution in [0.3, 0.4) is 0 Å². The standard InChI is InChI=1S/C22H32N2O3/c1-21(2,3)15-24-12-5-10-22(20(24)26)11-13-23(16-22)19(25)14-17-6-8-18(27-4)9-7-17/h6-9H,5,10-16H2,1-4H3.